The number of fused-ring (bicyclic) bond motifs is 1. The fraction of sp³-hybridized carbons (Fsp3) is 0.105. The molecule has 1 amide bonds. The number of benzene rings is 2. The minimum Gasteiger partial charge on any atom is -0.481 e. The molecule has 150 valence electrons. The Kier molecular flexibility index (Phi) is 7.30. The van der Waals surface area contributed by atoms with Crippen LogP contribution >= 0.6 is 54.5 Å². The highest BCUT2D eigenvalue weighted by molar-refractivity contribution is 14.1. The van der Waals surface area contributed by atoms with Crippen molar-refractivity contribution < 1.29 is 23.5 Å². The zero-order chi connectivity index (χ0) is 21.0. The first-order valence-corrected chi connectivity index (χ1v) is 10.7. The van der Waals surface area contributed by atoms with Crippen LogP contribution in [0.3, 0.4) is 0 Å². The SMILES string of the molecule is COC(=O)COc1ccc(/C=N\NC(=O)c2cc3cc(Br)cc(Br)c3o2)cc1I. The molecule has 3 rings (SSSR count). The number of hydrazone groups is 1. The minimum atomic E-state index is -0.465. The van der Waals surface area contributed by atoms with Gasteiger partial charge < -0.3 is 13.9 Å². The highest BCUT2D eigenvalue weighted by atomic mass is 127. The lowest BCUT2D eigenvalue weighted by atomic mass is 10.2. The highest BCUT2D eigenvalue weighted by Gasteiger charge is 2.14. The summed E-state index contributed by atoms with van der Waals surface area (Å²) in [5, 5.41) is 4.75. The van der Waals surface area contributed by atoms with Crippen molar-refractivity contribution in [2.45, 2.75) is 0 Å². The third-order valence-corrected chi connectivity index (χ3v) is 5.56. The maximum atomic E-state index is 12.3. The van der Waals surface area contributed by atoms with E-state index >= 15 is 0 Å². The van der Waals surface area contributed by atoms with Crippen LogP contribution in [0.25, 0.3) is 11.0 Å². The van der Waals surface area contributed by atoms with Crippen LogP contribution in [0.5, 0.6) is 5.75 Å². The summed E-state index contributed by atoms with van der Waals surface area (Å²) in [7, 11) is 1.30. The van der Waals surface area contributed by atoms with Crippen LogP contribution in [0.2, 0.25) is 0 Å². The molecule has 7 nitrogen and oxygen atoms in total. The molecule has 1 heterocycles. The second kappa shape index (κ2) is 9.72. The predicted octanol–water partition coefficient (Wildman–Crippen LogP) is 4.88. The van der Waals surface area contributed by atoms with Gasteiger partial charge in [0.05, 0.1) is 21.4 Å². The largest absolute Gasteiger partial charge is 0.481 e. The zero-order valence-corrected chi connectivity index (χ0v) is 20.2. The Balaban J connectivity index is 1.65. The number of nitrogens with zero attached hydrogens (tertiary/aromatic N) is 1. The number of carbonyl (C=O) groups excluding carboxylic acids is 2. The molecule has 0 unspecified atom stereocenters. The monoisotopic (exact) mass is 634 g/mol. The van der Waals surface area contributed by atoms with E-state index in [0.29, 0.717) is 11.3 Å². The molecule has 29 heavy (non-hydrogen) atoms. The lowest BCUT2D eigenvalue weighted by Gasteiger charge is -2.07. The first kappa shape index (κ1) is 21.8. The van der Waals surface area contributed by atoms with E-state index in [-0.39, 0.29) is 12.4 Å². The lowest BCUT2D eigenvalue weighted by Crippen LogP contribution is -2.16. The van der Waals surface area contributed by atoms with Gasteiger partial charge in [0.25, 0.3) is 0 Å². The number of furan rings is 1. The van der Waals surface area contributed by atoms with Crippen LogP contribution in [-0.2, 0) is 9.53 Å². The Bertz CT molecular complexity index is 1110. The van der Waals surface area contributed by atoms with E-state index in [9.17, 15) is 9.59 Å². The van der Waals surface area contributed by atoms with Gasteiger partial charge in [-0.05, 0) is 80.5 Å². The number of nitrogens with one attached hydrogen (secondary N) is 1. The fourth-order valence-electron chi connectivity index (χ4n) is 2.32. The Hall–Kier alpha value is -1.92. The molecule has 0 fully saturated rings. The maximum absolute atomic E-state index is 12.3. The Labute approximate surface area is 196 Å². The van der Waals surface area contributed by atoms with Crippen molar-refractivity contribution in [2.24, 2.45) is 5.10 Å². The minimum absolute atomic E-state index is 0.150. The van der Waals surface area contributed by atoms with E-state index in [1.54, 1.807) is 24.3 Å². The molecule has 0 saturated heterocycles. The van der Waals surface area contributed by atoms with Crippen molar-refractivity contribution in [2.75, 3.05) is 13.7 Å². The molecule has 2 aromatic carbocycles. The fourth-order valence-corrected chi connectivity index (χ4v) is 4.35. The smallest absolute Gasteiger partial charge is 0.343 e. The normalized spacial score (nSPS) is 11.0. The molecule has 0 aliphatic carbocycles. The number of amides is 1. The van der Waals surface area contributed by atoms with Crippen molar-refractivity contribution in [1.29, 1.82) is 0 Å². The van der Waals surface area contributed by atoms with E-state index in [1.165, 1.54) is 13.3 Å². The first-order chi connectivity index (χ1) is 13.9. The van der Waals surface area contributed by atoms with Crippen LogP contribution in [0.4, 0.5) is 0 Å². The molecule has 0 aliphatic heterocycles. The standard InChI is InChI=1S/C19H13Br2IN2O5/c1-27-17(25)9-28-15-3-2-10(4-14(15)22)8-23-24-19(26)16-6-11-5-12(20)7-13(21)18(11)29-16/h2-8H,9H2,1H3,(H,24,26)/b23-8-. The van der Waals surface area contributed by atoms with Gasteiger partial charge >= 0.3 is 11.9 Å². The summed E-state index contributed by atoms with van der Waals surface area (Å²) in [6, 6.07) is 10.6. The number of ether oxygens (including phenoxy) is 2. The summed E-state index contributed by atoms with van der Waals surface area (Å²) in [6.45, 7) is -0.166. The van der Waals surface area contributed by atoms with Crippen molar-refractivity contribution in [3.63, 3.8) is 0 Å². The molecule has 1 N–H and O–H groups in total. The van der Waals surface area contributed by atoms with Gasteiger partial charge in [-0.15, -0.1) is 0 Å². The number of esters is 1. The Morgan fingerprint density at radius 2 is 2.03 bits per heavy atom. The van der Waals surface area contributed by atoms with E-state index in [0.717, 1.165) is 23.5 Å². The molecule has 0 aliphatic rings. The van der Waals surface area contributed by atoms with Gasteiger partial charge in [-0.2, -0.15) is 5.10 Å². The van der Waals surface area contributed by atoms with E-state index in [4.69, 9.17) is 9.15 Å². The van der Waals surface area contributed by atoms with Crippen molar-refractivity contribution >= 4 is 83.5 Å². The average molecular weight is 636 g/mol. The zero-order valence-electron chi connectivity index (χ0n) is 14.9. The van der Waals surface area contributed by atoms with Gasteiger partial charge in [0.1, 0.15) is 11.3 Å². The van der Waals surface area contributed by atoms with Crippen LogP contribution in [0, 0.1) is 3.57 Å². The second-order valence-electron chi connectivity index (χ2n) is 5.67. The van der Waals surface area contributed by atoms with Crippen LogP contribution in [-0.4, -0.2) is 31.8 Å². The van der Waals surface area contributed by atoms with Crippen LogP contribution in [0.1, 0.15) is 16.1 Å². The second-order valence-corrected chi connectivity index (χ2v) is 8.60. The Morgan fingerprint density at radius 1 is 1.24 bits per heavy atom. The summed E-state index contributed by atoms with van der Waals surface area (Å²) >= 11 is 8.89. The summed E-state index contributed by atoms with van der Waals surface area (Å²) < 4.78 is 17.9. The highest BCUT2D eigenvalue weighted by Crippen LogP contribution is 2.31. The van der Waals surface area contributed by atoms with Crippen molar-refractivity contribution in [1.82, 2.24) is 5.43 Å². The van der Waals surface area contributed by atoms with Crippen LogP contribution in [0.15, 0.2) is 54.9 Å². The van der Waals surface area contributed by atoms with Gasteiger partial charge in [-0.3, -0.25) is 4.79 Å². The summed E-state index contributed by atoms with van der Waals surface area (Å²) in [6.07, 6.45) is 1.50. The third kappa shape index (κ3) is 5.58. The topological polar surface area (TPSA) is 90.1 Å². The summed E-state index contributed by atoms with van der Waals surface area (Å²) in [5.74, 6) is -0.222. The maximum Gasteiger partial charge on any atom is 0.343 e. The molecule has 0 saturated carbocycles. The quantitative estimate of drug-likeness (QED) is 0.181. The number of halogens is 3. The van der Waals surface area contributed by atoms with Crippen molar-refractivity contribution in [3.8, 4) is 5.75 Å². The van der Waals surface area contributed by atoms with Gasteiger partial charge in [-0.25, -0.2) is 10.2 Å². The van der Waals surface area contributed by atoms with Crippen molar-refractivity contribution in [3.05, 3.63) is 60.2 Å². The number of carbonyl (C=O) groups is 2. The molecule has 0 spiro atoms. The van der Waals surface area contributed by atoms with Gasteiger partial charge in [0.15, 0.2) is 12.4 Å². The predicted molar refractivity (Wildman–Crippen MR) is 123 cm³/mol. The van der Waals surface area contributed by atoms with Gasteiger partial charge in [0.2, 0.25) is 0 Å². The number of hydrogen-bond donors (Lipinski definition) is 1. The molecule has 3 aromatic rings. The van der Waals surface area contributed by atoms with Gasteiger partial charge in [0, 0.05) is 9.86 Å². The molecule has 0 atom stereocenters. The molecule has 0 radical (unpaired) electrons. The first-order valence-electron chi connectivity index (χ1n) is 8.08. The molecule has 1 aromatic heterocycles. The molecular formula is C19H13Br2IN2O5. The Morgan fingerprint density at radius 3 is 2.76 bits per heavy atom. The van der Waals surface area contributed by atoms with E-state index < -0.39 is 11.9 Å². The number of rotatable bonds is 6. The van der Waals surface area contributed by atoms with Crippen LogP contribution < -0.4 is 10.2 Å². The number of methoxy groups -OCH3 is 1. The summed E-state index contributed by atoms with van der Waals surface area (Å²) in [5.41, 5.74) is 3.77. The molecule has 10 heteroatoms. The van der Waals surface area contributed by atoms with Gasteiger partial charge in [-0.1, -0.05) is 15.9 Å². The molecule has 0 bridgehead atoms. The average Bonchev–Trinajstić information content (AvgIpc) is 3.11. The number of hydrogen-bond acceptors (Lipinski definition) is 6. The lowest BCUT2D eigenvalue weighted by molar-refractivity contribution is -0.142. The van der Waals surface area contributed by atoms with E-state index in [2.05, 4.69) is 69.7 Å². The molecular weight excluding hydrogens is 623 g/mol. The van der Waals surface area contributed by atoms with E-state index in [1.807, 2.05) is 12.1 Å². The third-order valence-electron chi connectivity index (χ3n) is 3.67. The summed E-state index contributed by atoms with van der Waals surface area (Å²) in [4.78, 5) is 23.4.